The van der Waals surface area contributed by atoms with Gasteiger partial charge in [-0.2, -0.15) is 0 Å². The number of thiol groups is 1. The highest BCUT2D eigenvalue weighted by molar-refractivity contribution is 7.80. The first-order valence-electron chi connectivity index (χ1n) is 4.18. The van der Waals surface area contributed by atoms with Crippen molar-refractivity contribution < 1.29 is 5.11 Å². The molecule has 3 N–H and O–H groups in total. The molecule has 0 heterocycles. The molecule has 0 bridgehead atoms. The minimum absolute atomic E-state index is 0.612. The van der Waals surface area contributed by atoms with Crippen LogP contribution in [0.15, 0.2) is 23.1 Å². The average molecular weight is 197 g/mol. The topological polar surface area (TPSA) is 46.2 Å². The van der Waals surface area contributed by atoms with E-state index in [0.29, 0.717) is 12.1 Å². The van der Waals surface area contributed by atoms with Crippen LogP contribution in [-0.4, -0.2) is 10.7 Å². The van der Waals surface area contributed by atoms with Gasteiger partial charge in [-0.25, -0.2) is 0 Å². The first kappa shape index (κ1) is 10.4. The molecule has 0 unspecified atom stereocenters. The smallest absolute Gasteiger partial charge is 0.0631 e. The molecule has 2 nitrogen and oxygen atoms in total. The van der Waals surface area contributed by atoms with Gasteiger partial charge >= 0.3 is 0 Å². The molecule has 13 heavy (non-hydrogen) atoms. The zero-order chi connectivity index (χ0) is 10.1. The normalized spacial score (nSPS) is 11.7. The largest absolute Gasteiger partial charge is 0.398 e. The van der Waals surface area contributed by atoms with Crippen molar-refractivity contribution in [1.29, 1.82) is 0 Å². The molecule has 0 aromatic heterocycles. The second-order valence-corrected chi connectivity index (χ2v) is 4.36. The second kappa shape index (κ2) is 3.60. The van der Waals surface area contributed by atoms with Gasteiger partial charge in [0.05, 0.1) is 5.60 Å². The molecule has 0 radical (unpaired) electrons. The van der Waals surface area contributed by atoms with Crippen LogP contribution in [0.5, 0.6) is 0 Å². The SMILES string of the molecule is CC(C)(O)Cc1ccc(N)c(S)c1. The summed E-state index contributed by atoms with van der Waals surface area (Å²) in [6.07, 6.45) is 0.612. The fourth-order valence-corrected chi connectivity index (χ4v) is 1.44. The minimum atomic E-state index is -0.684. The van der Waals surface area contributed by atoms with Gasteiger partial charge in [-0.05, 0) is 31.5 Å². The molecule has 0 saturated heterocycles. The van der Waals surface area contributed by atoms with Gasteiger partial charge in [0.25, 0.3) is 0 Å². The maximum absolute atomic E-state index is 9.58. The van der Waals surface area contributed by atoms with Crippen molar-refractivity contribution in [3.8, 4) is 0 Å². The molecule has 1 rings (SSSR count). The van der Waals surface area contributed by atoms with Crippen molar-refractivity contribution in [2.24, 2.45) is 0 Å². The van der Waals surface area contributed by atoms with Crippen LogP contribution >= 0.6 is 12.6 Å². The Morgan fingerprint density at radius 3 is 2.54 bits per heavy atom. The number of aliphatic hydroxyl groups is 1. The lowest BCUT2D eigenvalue weighted by molar-refractivity contribution is 0.0809. The molecule has 0 fully saturated rings. The molecule has 0 amide bonds. The zero-order valence-electron chi connectivity index (χ0n) is 7.91. The van der Waals surface area contributed by atoms with Crippen LogP contribution in [0.3, 0.4) is 0 Å². The number of hydrogen-bond donors (Lipinski definition) is 3. The van der Waals surface area contributed by atoms with Crippen LogP contribution in [-0.2, 0) is 6.42 Å². The van der Waals surface area contributed by atoms with E-state index in [9.17, 15) is 5.11 Å². The Labute approximate surface area is 84.2 Å². The van der Waals surface area contributed by atoms with Crippen molar-refractivity contribution in [3.05, 3.63) is 23.8 Å². The van der Waals surface area contributed by atoms with Crippen molar-refractivity contribution in [2.45, 2.75) is 30.8 Å². The number of anilines is 1. The summed E-state index contributed by atoms with van der Waals surface area (Å²) in [6.45, 7) is 3.56. The Balaban J connectivity index is 2.86. The fourth-order valence-electron chi connectivity index (χ4n) is 1.20. The van der Waals surface area contributed by atoms with Gasteiger partial charge in [0, 0.05) is 17.0 Å². The molecule has 1 aromatic carbocycles. The molecular formula is C10H15NOS. The summed E-state index contributed by atoms with van der Waals surface area (Å²) in [5.74, 6) is 0. The van der Waals surface area contributed by atoms with Crippen LogP contribution in [0.2, 0.25) is 0 Å². The molecule has 3 heteroatoms. The third-order valence-corrected chi connectivity index (χ3v) is 2.12. The van der Waals surface area contributed by atoms with Crippen molar-refractivity contribution in [2.75, 3.05) is 5.73 Å². The highest BCUT2D eigenvalue weighted by Gasteiger charge is 2.13. The predicted molar refractivity (Wildman–Crippen MR) is 58.1 cm³/mol. The zero-order valence-corrected chi connectivity index (χ0v) is 8.81. The molecule has 0 aliphatic carbocycles. The summed E-state index contributed by atoms with van der Waals surface area (Å²) in [5, 5.41) is 9.58. The lowest BCUT2D eigenvalue weighted by Crippen LogP contribution is -2.21. The second-order valence-electron chi connectivity index (χ2n) is 3.88. The van der Waals surface area contributed by atoms with Crippen molar-refractivity contribution >= 4 is 18.3 Å². The van der Waals surface area contributed by atoms with E-state index in [2.05, 4.69) is 12.6 Å². The maximum atomic E-state index is 9.58. The fraction of sp³-hybridized carbons (Fsp3) is 0.400. The molecule has 0 saturated carbocycles. The average Bonchev–Trinajstić information content (AvgIpc) is 1.94. The van der Waals surface area contributed by atoms with Gasteiger partial charge in [-0.15, -0.1) is 12.6 Å². The highest BCUT2D eigenvalue weighted by Crippen LogP contribution is 2.20. The quantitative estimate of drug-likeness (QED) is 0.500. The number of nitrogen functional groups attached to an aromatic ring is 1. The number of rotatable bonds is 2. The Bertz CT molecular complexity index is 304. The van der Waals surface area contributed by atoms with E-state index in [-0.39, 0.29) is 0 Å². The van der Waals surface area contributed by atoms with E-state index in [1.165, 1.54) is 0 Å². The highest BCUT2D eigenvalue weighted by atomic mass is 32.1. The van der Waals surface area contributed by atoms with Crippen molar-refractivity contribution in [3.63, 3.8) is 0 Å². The van der Waals surface area contributed by atoms with E-state index in [4.69, 9.17) is 5.73 Å². The number of hydrogen-bond acceptors (Lipinski definition) is 3. The first-order valence-corrected chi connectivity index (χ1v) is 4.63. The lowest BCUT2D eigenvalue weighted by atomic mass is 9.99. The first-order chi connectivity index (χ1) is 5.88. The van der Waals surface area contributed by atoms with Crippen LogP contribution in [0.1, 0.15) is 19.4 Å². The number of nitrogens with two attached hydrogens (primary N) is 1. The Morgan fingerprint density at radius 1 is 1.46 bits per heavy atom. The van der Waals surface area contributed by atoms with Gasteiger partial charge in [0.1, 0.15) is 0 Å². The summed E-state index contributed by atoms with van der Waals surface area (Å²) in [5.41, 5.74) is 6.65. The lowest BCUT2D eigenvalue weighted by Gasteiger charge is -2.17. The van der Waals surface area contributed by atoms with Gasteiger partial charge in [0.15, 0.2) is 0 Å². The maximum Gasteiger partial charge on any atom is 0.0631 e. The molecule has 0 atom stereocenters. The van der Waals surface area contributed by atoms with Crippen molar-refractivity contribution in [1.82, 2.24) is 0 Å². The van der Waals surface area contributed by atoms with E-state index >= 15 is 0 Å². The Hall–Kier alpha value is -0.670. The van der Waals surface area contributed by atoms with Crippen LogP contribution in [0.4, 0.5) is 5.69 Å². The minimum Gasteiger partial charge on any atom is -0.398 e. The summed E-state index contributed by atoms with van der Waals surface area (Å²) in [4.78, 5) is 0.766. The Morgan fingerprint density at radius 2 is 2.08 bits per heavy atom. The van der Waals surface area contributed by atoms with Gasteiger partial charge < -0.3 is 10.8 Å². The molecule has 0 aliphatic heterocycles. The third-order valence-electron chi connectivity index (χ3n) is 1.73. The van der Waals surface area contributed by atoms with E-state index in [1.807, 2.05) is 18.2 Å². The van der Waals surface area contributed by atoms with Gasteiger partial charge in [-0.1, -0.05) is 6.07 Å². The molecule has 0 spiro atoms. The molecular weight excluding hydrogens is 182 g/mol. The van der Waals surface area contributed by atoms with E-state index < -0.39 is 5.60 Å². The summed E-state index contributed by atoms with van der Waals surface area (Å²) >= 11 is 4.21. The van der Waals surface area contributed by atoms with Crippen LogP contribution in [0.25, 0.3) is 0 Å². The predicted octanol–water partition coefficient (Wildman–Crippen LogP) is 1.87. The molecule has 72 valence electrons. The van der Waals surface area contributed by atoms with Crippen LogP contribution < -0.4 is 5.73 Å². The Kier molecular flexibility index (Phi) is 2.88. The van der Waals surface area contributed by atoms with E-state index in [0.717, 1.165) is 10.5 Å². The van der Waals surface area contributed by atoms with Gasteiger partial charge in [0.2, 0.25) is 0 Å². The molecule has 0 aliphatic rings. The standard InChI is InChI=1S/C10H15NOS/c1-10(2,12)6-7-3-4-8(11)9(13)5-7/h3-5,12-13H,6,11H2,1-2H3. The summed E-state index contributed by atoms with van der Waals surface area (Å²) in [7, 11) is 0. The number of benzene rings is 1. The monoisotopic (exact) mass is 197 g/mol. The summed E-state index contributed by atoms with van der Waals surface area (Å²) in [6, 6.07) is 5.60. The van der Waals surface area contributed by atoms with E-state index in [1.54, 1.807) is 13.8 Å². The van der Waals surface area contributed by atoms with Gasteiger partial charge in [-0.3, -0.25) is 0 Å². The third kappa shape index (κ3) is 3.28. The molecule has 1 aromatic rings. The summed E-state index contributed by atoms with van der Waals surface area (Å²) < 4.78 is 0. The van der Waals surface area contributed by atoms with Crippen LogP contribution in [0, 0.1) is 0 Å².